The van der Waals surface area contributed by atoms with Crippen LogP contribution in [0.4, 0.5) is 0 Å². The van der Waals surface area contributed by atoms with Gasteiger partial charge in [-0.05, 0) is 48.0 Å². The van der Waals surface area contributed by atoms with Gasteiger partial charge in [-0.3, -0.25) is 9.69 Å². The number of phenols is 2. The van der Waals surface area contributed by atoms with Crippen LogP contribution in [0.3, 0.4) is 0 Å². The van der Waals surface area contributed by atoms with Crippen molar-refractivity contribution < 1.29 is 23.4 Å². The molecule has 1 saturated heterocycles. The number of aromatic hydroxyl groups is 2. The molecule has 0 unspecified atom stereocenters. The highest BCUT2D eigenvalue weighted by molar-refractivity contribution is 9.10. The van der Waals surface area contributed by atoms with Crippen molar-refractivity contribution in [1.82, 2.24) is 14.6 Å². The number of hydrogen-bond acceptors (Lipinski definition) is 7. The van der Waals surface area contributed by atoms with Gasteiger partial charge in [-0.25, -0.2) is 13.8 Å². The Hall–Kier alpha value is -2.47. The van der Waals surface area contributed by atoms with Gasteiger partial charge >= 0.3 is 0 Å². The number of halogens is 1. The monoisotopic (exact) mass is 496 g/mol. The third-order valence-corrected chi connectivity index (χ3v) is 6.99. The molecule has 1 amide bonds. The van der Waals surface area contributed by atoms with Crippen molar-refractivity contribution in [3.05, 3.63) is 52.5 Å². The molecule has 0 aromatic heterocycles. The van der Waals surface area contributed by atoms with Crippen LogP contribution in [0, 0.1) is 0 Å². The number of nitrogens with one attached hydrogen (secondary N) is 1. The maximum absolute atomic E-state index is 12.7. The summed E-state index contributed by atoms with van der Waals surface area (Å²) < 4.78 is 27.6. The van der Waals surface area contributed by atoms with Gasteiger partial charge < -0.3 is 10.2 Å². The van der Waals surface area contributed by atoms with E-state index in [-0.39, 0.29) is 28.8 Å². The fourth-order valence-electron chi connectivity index (χ4n) is 2.92. The first-order valence-corrected chi connectivity index (χ1v) is 11.3. The molecule has 0 radical (unpaired) electrons. The molecule has 1 aliphatic heterocycles. The summed E-state index contributed by atoms with van der Waals surface area (Å²) >= 11 is 3.29. The highest BCUT2D eigenvalue weighted by atomic mass is 79.9. The quantitative estimate of drug-likeness (QED) is 0.314. The molecule has 9 nitrogen and oxygen atoms in total. The van der Waals surface area contributed by atoms with Crippen LogP contribution in [0.25, 0.3) is 0 Å². The first-order chi connectivity index (χ1) is 14.3. The number of rotatable bonds is 6. The second-order valence-electron chi connectivity index (χ2n) is 6.68. The first kappa shape index (κ1) is 22.2. The fourth-order valence-corrected chi connectivity index (χ4v) is 4.61. The standard InChI is InChI=1S/C19H21BrN4O5S/c20-15-2-4-16(5-3-15)30(28,29)24-9-7-23(8-10-24)13-19(27)22-21-12-14-1-6-17(25)18(26)11-14/h1-6,11-12,25-26H,7-10,13H2,(H,22,27)/b21-12-. The molecular formula is C19H21BrN4O5S. The minimum absolute atomic E-state index is 0.0876. The molecule has 3 rings (SSSR count). The highest BCUT2D eigenvalue weighted by Crippen LogP contribution is 2.24. The lowest BCUT2D eigenvalue weighted by atomic mass is 10.2. The molecule has 0 bridgehead atoms. The van der Waals surface area contributed by atoms with Crippen molar-refractivity contribution in [2.45, 2.75) is 4.90 Å². The lowest BCUT2D eigenvalue weighted by molar-refractivity contribution is -0.122. The molecular weight excluding hydrogens is 476 g/mol. The lowest BCUT2D eigenvalue weighted by Crippen LogP contribution is -2.50. The van der Waals surface area contributed by atoms with Crippen LogP contribution < -0.4 is 5.43 Å². The fraction of sp³-hybridized carbons (Fsp3) is 0.263. The van der Waals surface area contributed by atoms with E-state index in [1.807, 2.05) is 4.90 Å². The number of benzene rings is 2. The zero-order valence-corrected chi connectivity index (χ0v) is 18.3. The van der Waals surface area contributed by atoms with Gasteiger partial charge in [0.05, 0.1) is 17.7 Å². The van der Waals surface area contributed by atoms with E-state index in [0.717, 1.165) is 4.47 Å². The lowest BCUT2D eigenvalue weighted by Gasteiger charge is -2.33. The zero-order chi connectivity index (χ0) is 21.7. The Morgan fingerprint density at radius 1 is 1.07 bits per heavy atom. The minimum Gasteiger partial charge on any atom is -0.504 e. The number of carbonyl (C=O) groups is 1. The number of phenolic OH excluding ortho intramolecular Hbond substituents is 2. The van der Waals surface area contributed by atoms with Gasteiger partial charge in [-0.1, -0.05) is 15.9 Å². The molecule has 1 aliphatic rings. The second kappa shape index (κ2) is 9.56. The summed E-state index contributed by atoms with van der Waals surface area (Å²) in [4.78, 5) is 14.2. The number of hydrazone groups is 1. The van der Waals surface area contributed by atoms with Crippen LogP contribution in [0.2, 0.25) is 0 Å². The maximum atomic E-state index is 12.7. The Morgan fingerprint density at radius 2 is 1.73 bits per heavy atom. The van der Waals surface area contributed by atoms with E-state index in [0.29, 0.717) is 31.7 Å². The summed E-state index contributed by atoms with van der Waals surface area (Å²) in [6.07, 6.45) is 1.35. The number of nitrogens with zero attached hydrogens (tertiary/aromatic N) is 3. The van der Waals surface area contributed by atoms with Crippen molar-refractivity contribution >= 4 is 38.1 Å². The molecule has 2 aromatic carbocycles. The van der Waals surface area contributed by atoms with Crippen LogP contribution in [0.5, 0.6) is 11.5 Å². The molecule has 1 fully saturated rings. The largest absolute Gasteiger partial charge is 0.504 e. The second-order valence-corrected chi connectivity index (χ2v) is 9.53. The molecule has 2 aromatic rings. The number of hydrogen-bond donors (Lipinski definition) is 3. The smallest absolute Gasteiger partial charge is 0.254 e. The summed E-state index contributed by atoms with van der Waals surface area (Å²) in [7, 11) is -3.56. The first-order valence-electron chi connectivity index (χ1n) is 9.07. The average molecular weight is 497 g/mol. The van der Waals surface area contributed by atoms with E-state index in [1.54, 1.807) is 24.3 Å². The summed E-state index contributed by atoms with van der Waals surface area (Å²) in [5.41, 5.74) is 2.90. The van der Waals surface area contributed by atoms with Crippen LogP contribution in [-0.2, 0) is 14.8 Å². The minimum atomic E-state index is -3.56. The van der Waals surface area contributed by atoms with Gasteiger partial charge in [0, 0.05) is 30.7 Å². The van der Waals surface area contributed by atoms with Crippen molar-refractivity contribution in [2.24, 2.45) is 5.10 Å². The van der Waals surface area contributed by atoms with Crippen LogP contribution in [-0.4, -0.2) is 72.7 Å². The summed E-state index contributed by atoms with van der Waals surface area (Å²) in [6, 6.07) is 10.7. The summed E-state index contributed by atoms with van der Waals surface area (Å²) in [5, 5.41) is 22.5. The predicted octanol–water partition coefficient (Wildman–Crippen LogP) is 1.32. The van der Waals surface area contributed by atoms with Gasteiger partial charge in [0.25, 0.3) is 5.91 Å². The van der Waals surface area contributed by atoms with E-state index < -0.39 is 10.0 Å². The van der Waals surface area contributed by atoms with Gasteiger partial charge in [0.1, 0.15) is 0 Å². The van der Waals surface area contributed by atoms with E-state index in [2.05, 4.69) is 26.5 Å². The van der Waals surface area contributed by atoms with E-state index in [1.165, 1.54) is 28.7 Å². The van der Waals surface area contributed by atoms with Crippen LogP contribution in [0.15, 0.2) is 56.9 Å². The molecule has 3 N–H and O–H groups in total. The third-order valence-electron chi connectivity index (χ3n) is 4.55. The van der Waals surface area contributed by atoms with Crippen molar-refractivity contribution in [2.75, 3.05) is 32.7 Å². The summed E-state index contributed by atoms with van der Waals surface area (Å²) in [6.45, 7) is 1.53. The Morgan fingerprint density at radius 3 is 2.37 bits per heavy atom. The van der Waals surface area contributed by atoms with Crippen molar-refractivity contribution in [3.63, 3.8) is 0 Å². The third kappa shape index (κ3) is 5.57. The molecule has 0 atom stereocenters. The summed E-state index contributed by atoms with van der Waals surface area (Å²) in [5.74, 6) is -0.850. The molecule has 0 aliphatic carbocycles. The highest BCUT2D eigenvalue weighted by Gasteiger charge is 2.28. The van der Waals surface area contributed by atoms with Crippen molar-refractivity contribution in [3.8, 4) is 11.5 Å². The maximum Gasteiger partial charge on any atom is 0.254 e. The van der Waals surface area contributed by atoms with Crippen LogP contribution in [0.1, 0.15) is 5.56 Å². The topological polar surface area (TPSA) is 123 Å². The number of carbonyl (C=O) groups excluding carboxylic acids is 1. The number of piperazine rings is 1. The van der Waals surface area contributed by atoms with Crippen molar-refractivity contribution in [1.29, 1.82) is 0 Å². The molecule has 1 heterocycles. The Labute approximate surface area is 182 Å². The molecule has 0 spiro atoms. The van der Waals surface area contributed by atoms with Gasteiger partial charge in [0.15, 0.2) is 11.5 Å². The van der Waals surface area contributed by atoms with Crippen LogP contribution >= 0.6 is 15.9 Å². The SMILES string of the molecule is O=C(CN1CCN(S(=O)(=O)c2ccc(Br)cc2)CC1)N/N=C\c1ccc(O)c(O)c1. The Bertz CT molecular complexity index is 1040. The average Bonchev–Trinajstić information content (AvgIpc) is 2.71. The zero-order valence-electron chi connectivity index (χ0n) is 15.9. The number of amides is 1. The van der Waals surface area contributed by atoms with Gasteiger partial charge in [0.2, 0.25) is 10.0 Å². The van der Waals surface area contributed by atoms with Gasteiger partial charge in [-0.2, -0.15) is 9.41 Å². The molecule has 30 heavy (non-hydrogen) atoms. The van der Waals surface area contributed by atoms with E-state index in [4.69, 9.17) is 0 Å². The Kier molecular flexibility index (Phi) is 7.08. The molecule has 160 valence electrons. The Balaban J connectivity index is 1.48. The predicted molar refractivity (Wildman–Crippen MR) is 115 cm³/mol. The van der Waals surface area contributed by atoms with E-state index in [9.17, 15) is 23.4 Å². The van der Waals surface area contributed by atoms with Gasteiger partial charge in [-0.15, -0.1) is 0 Å². The molecule has 0 saturated carbocycles. The molecule has 11 heteroatoms. The normalized spacial score (nSPS) is 16.0. The van der Waals surface area contributed by atoms with E-state index >= 15 is 0 Å². The number of sulfonamides is 1.